The fourth-order valence-corrected chi connectivity index (χ4v) is 1.50. The summed E-state index contributed by atoms with van der Waals surface area (Å²) in [5, 5.41) is 2.32. The van der Waals surface area contributed by atoms with E-state index < -0.39 is 0 Å². The summed E-state index contributed by atoms with van der Waals surface area (Å²) < 4.78 is 0. The molecule has 1 saturated heterocycles. The summed E-state index contributed by atoms with van der Waals surface area (Å²) in [5.74, 6) is -0.774. The zero-order chi connectivity index (χ0) is 16.1. The minimum atomic E-state index is -0.307. The van der Waals surface area contributed by atoms with Crippen molar-refractivity contribution >= 4 is 17.5 Å². The van der Waals surface area contributed by atoms with Gasteiger partial charge in [0.25, 0.3) is 0 Å². The van der Waals surface area contributed by atoms with Gasteiger partial charge in [-0.15, -0.1) is 0 Å². The molecule has 4 nitrogen and oxygen atoms in total. The molecule has 1 heterocycles. The summed E-state index contributed by atoms with van der Waals surface area (Å²) in [6.07, 6.45) is 4.16. The summed E-state index contributed by atoms with van der Waals surface area (Å²) >= 11 is 0. The maximum Gasteiger partial charge on any atom is 0.234 e. The molecule has 20 heavy (non-hydrogen) atoms. The predicted molar refractivity (Wildman–Crippen MR) is 85.6 cm³/mol. The lowest BCUT2D eigenvalue weighted by Crippen LogP contribution is -2.41. The first-order valence-electron chi connectivity index (χ1n) is 7.21. The molecule has 0 aromatic carbocycles. The number of amides is 2. The first kappa shape index (κ1) is 20.6. The number of rotatable bonds is 3. The Kier molecular flexibility index (Phi) is 12.7. The molecule has 1 rings (SSSR count). The summed E-state index contributed by atoms with van der Waals surface area (Å²) in [6, 6.07) is 0. The van der Waals surface area contributed by atoms with Crippen molar-refractivity contribution in [3.8, 4) is 0 Å². The van der Waals surface area contributed by atoms with Crippen molar-refractivity contribution in [2.24, 2.45) is 10.9 Å². The van der Waals surface area contributed by atoms with Crippen LogP contribution in [0.1, 0.15) is 54.4 Å². The zero-order valence-electron chi connectivity index (χ0n) is 13.6. The third-order valence-corrected chi connectivity index (χ3v) is 2.35. The minimum Gasteiger partial charge on any atom is -0.296 e. The summed E-state index contributed by atoms with van der Waals surface area (Å²) in [7, 11) is 0. The third kappa shape index (κ3) is 7.67. The number of piperidine rings is 1. The quantitative estimate of drug-likeness (QED) is 0.487. The van der Waals surface area contributed by atoms with Crippen molar-refractivity contribution in [2.75, 3.05) is 0 Å². The molecule has 4 heteroatoms. The van der Waals surface area contributed by atoms with E-state index in [1.165, 1.54) is 0 Å². The highest BCUT2D eigenvalue weighted by atomic mass is 16.2. The smallest absolute Gasteiger partial charge is 0.234 e. The van der Waals surface area contributed by atoms with Crippen LogP contribution in [0.3, 0.4) is 0 Å². The second-order valence-electron chi connectivity index (χ2n) is 3.91. The van der Waals surface area contributed by atoms with E-state index in [4.69, 9.17) is 0 Å². The lowest BCUT2D eigenvalue weighted by Gasteiger charge is -2.21. The second kappa shape index (κ2) is 12.3. The molecule has 0 radical (unpaired) electrons. The molecule has 1 aliphatic rings. The number of allylic oxidation sites excluding steroid dienone is 1. The molecular weight excluding hydrogens is 252 g/mol. The largest absolute Gasteiger partial charge is 0.296 e. The number of hydrogen-bond donors (Lipinski definition) is 1. The van der Waals surface area contributed by atoms with Gasteiger partial charge in [0.15, 0.2) is 0 Å². The molecule has 1 fully saturated rings. The number of aliphatic imine (C=N–C) groups is 1. The highest BCUT2D eigenvalue weighted by Crippen LogP contribution is 2.21. The van der Waals surface area contributed by atoms with Crippen molar-refractivity contribution in [2.45, 2.75) is 54.4 Å². The van der Waals surface area contributed by atoms with Crippen LogP contribution in [0.2, 0.25) is 0 Å². The first-order chi connectivity index (χ1) is 9.54. The fourth-order valence-electron chi connectivity index (χ4n) is 1.50. The van der Waals surface area contributed by atoms with Crippen LogP contribution in [0, 0.1) is 5.92 Å². The Morgan fingerprint density at radius 1 is 1.25 bits per heavy atom. The number of carbonyl (C=O) groups is 2. The van der Waals surface area contributed by atoms with E-state index in [2.05, 4.69) is 16.9 Å². The Labute approximate surface area is 123 Å². The maximum absolute atomic E-state index is 11.6. The van der Waals surface area contributed by atoms with Gasteiger partial charge in [-0.2, -0.15) is 0 Å². The topological polar surface area (TPSA) is 58.5 Å². The van der Waals surface area contributed by atoms with Crippen molar-refractivity contribution in [3.05, 3.63) is 24.4 Å². The molecule has 1 atom stereocenters. The van der Waals surface area contributed by atoms with Crippen LogP contribution < -0.4 is 5.32 Å². The molecule has 1 N–H and O–H groups in total. The standard InChI is InChI=1S/C12H16N2O2.2C2H6/c1-4-9(7-13-8(2)3)10-5-6-11(15)14-12(10)16;2*1-2/h4,7,10H,1,5-6H2,2-3H3,(H,14,15,16);2*1-2H3/b9-7+;;. The van der Waals surface area contributed by atoms with Gasteiger partial charge in [-0.05, 0) is 25.8 Å². The average molecular weight is 280 g/mol. The van der Waals surface area contributed by atoms with Crippen molar-refractivity contribution in [1.29, 1.82) is 0 Å². The Bertz CT molecular complexity index is 378. The van der Waals surface area contributed by atoms with Crippen LogP contribution in [0.4, 0.5) is 0 Å². The number of nitrogens with zero attached hydrogens (tertiary/aromatic N) is 1. The normalized spacial score (nSPS) is 17.7. The molecule has 1 unspecified atom stereocenters. The van der Waals surface area contributed by atoms with Gasteiger partial charge in [0, 0.05) is 18.3 Å². The van der Waals surface area contributed by atoms with E-state index in [1.54, 1.807) is 12.3 Å². The average Bonchev–Trinajstić information content (AvgIpc) is 2.45. The van der Waals surface area contributed by atoms with Crippen molar-refractivity contribution < 1.29 is 9.59 Å². The first-order valence-corrected chi connectivity index (χ1v) is 7.21. The second-order valence-corrected chi connectivity index (χ2v) is 3.91. The van der Waals surface area contributed by atoms with Crippen molar-refractivity contribution in [3.63, 3.8) is 0 Å². The Hall–Kier alpha value is -1.71. The van der Waals surface area contributed by atoms with E-state index >= 15 is 0 Å². The SMILES string of the molecule is C=C/C(=C\N=C(C)C)C1CCC(=O)NC1=O.CC.CC. The van der Waals surface area contributed by atoms with Gasteiger partial charge in [-0.25, -0.2) is 0 Å². The van der Waals surface area contributed by atoms with Gasteiger partial charge in [0.05, 0.1) is 5.92 Å². The monoisotopic (exact) mass is 280 g/mol. The molecule has 2 amide bonds. The lowest BCUT2D eigenvalue weighted by molar-refractivity contribution is -0.135. The van der Waals surface area contributed by atoms with Crippen LogP contribution >= 0.6 is 0 Å². The van der Waals surface area contributed by atoms with E-state index in [0.29, 0.717) is 12.8 Å². The minimum absolute atomic E-state index is 0.208. The highest BCUT2D eigenvalue weighted by molar-refractivity contribution is 6.00. The van der Waals surface area contributed by atoms with Gasteiger partial charge in [-0.1, -0.05) is 40.3 Å². The van der Waals surface area contributed by atoms with E-state index in [1.807, 2.05) is 41.5 Å². The molecule has 0 spiro atoms. The molecule has 114 valence electrons. The molecule has 0 aromatic heterocycles. The third-order valence-electron chi connectivity index (χ3n) is 2.35. The van der Waals surface area contributed by atoms with E-state index in [-0.39, 0.29) is 17.7 Å². The summed E-state index contributed by atoms with van der Waals surface area (Å²) in [6.45, 7) is 15.4. The van der Waals surface area contributed by atoms with Gasteiger partial charge in [0.1, 0.15) is 0 Å². The predicted octanol–water partition coefficient (Wildman–Crippen LogP) is 3.64. The Balaban J connectivity index is 0. The molecule has 0 aliphatic carbocycles. The molecular formula is C16H28N2O2. The molecule has 0 bridgehead atoms. The van der Waals surface area contributed by atoms with E-state index in [0.717, 1.165) is 11.3 Å². The van der Waals surface area contributed by atoms with Gasteiger partial charge < -0.3 is 0 Å². The lowest BCUT2D eigenvalue weighted by atomic mass is 9.91. The molecule has 0 aromatic rings. The van der Waals surface area contributed by atoms with Crippen LogP contribution in [0.5, 0.6) is 0 Å². The highest BCUT2D eigenvalue weighted by Gasteiger charge is 2.28. The van der Waals surface area contributed by atoms with Gasteiger partial charge in [0.2, 0.25) is 11.8 Å². The number of carbonyl (C=O) groups excluding carboxylic acids is 2. The number of nitrogens with one attached hydrogen (secondary N) is 1. The van der Waals surface area contributed by atoms with Crippen LogP contribution in [-0.2, 0) is 9.59 Å². The Morgan fingerprint density at radius 2 is 1.80 bits per heavy atom. The van der Waals surface area contributed by atoms with Gasteiger partial charge in [-0.3, -0.25) is 19.9 Å². The summed E-state index contributed by atoms with van der Waals surface area (Å²) in [5.41, 5.74) is 1.66. The van der Waals surface area contributed by atoms with Crippen LogP contribution in [0.25, 0.3) is 0 Å². The molecule has 1 aliphatic heterocycles. The maximum atomic E-state index is 11.6. The Morgan fingerprint density at radius 3 is 2.20 bits per heavy atom. The fraction of sp³-hybridized carbons (Fsp3) is 0.562. The zero-order valence-corrected chi connectivity index (χ0v) is 13.6. The van der Waals surface area contributed by atoms with Crippen molar-refractivity contribution in [1.82, 2.24) is 5.32 Å². The number of imide groups is 1. The van der Waals surface area contributed by atoms with Gasteiger partial charge >= 0.3 is 0 Å². The van der Waals surface area contributed by atoms with Crippen LogP contribution in [0.15, 0.2) is 29.4 Å². The van der Waals surface area contributed by atoms with Crippen LogP contribution in [-0.4, -0.2) is 17.5 Å². The van der Waals surface area contributed by atoms with E-state index in [9.17, 15) is 9.59 Å². The number of hydrogen-bond acceptors (Lipinski definition) is 3. The summed E-state index contributed by atoms with van der Waals surface area (Å²) in [4.78, 5) is 26.7. The molecule has 0 saturated carbocycles.